The van der Waals surface area contributed by atoms with Crippen LogP contribution in [0.1, 0.15) is 38.1 Å². The van der Waals surface area contributed by atoms with Crippen LogP contribution in [-0.4, -0.2) is 36.6 Å². The van der Waals surface area contributed by atoms with E-state index in [-0.39, 0.29) is 0 Å². The Balaban J connectivity index is 2.75. The summed E-state index contributed by atoms with van der Waals surface area (Å²) in [7, 11) is 3.78. The van der Waals surface area contributed by atoms with Crippen molar-refractivity contribution in [3.63, 3.8) is 0 Å². The van der Waals surface area contributed by atoms with Gasteiger partial charge in [-0.2, -0.15) is 5.10 Å². The van der Waals surface area contributed by atoms with Crippen molar-refractivity contribution in [2.24, 2.45) is 0 Å². The van der Waals surface area contributed by atoms with Gasteiger partial charge in [0.1, 0.15) is 0 Å². The summed E-state index contributed by atoms with van der Waals surface area (Å²) in [5.41, 5.74) is 2.46. The highest BCUT2D eigenvalue weighted by Crippen LogP contribution is 2.24. The maximum atomic E-state index is 5.12. The fourth-order valence-electron chi connectivity index (χ4n) is 2.27. The van der Waals surface area contributed by atoms with E-state index in [1.165, 1.54) is 10.2 Å². The van der Waals surface area contributed by atoms with Crippen molar-refractivity contribution < 1.29 is 4.74 Å². The monoisotopic (exact) mass is 331 g/mol. The second-order valence-corrected chi connectivity index (χ2v) is 5.49. The van der Waals surface area contributed by atoms with E-state index in [2.05, 4.69) is 44.9 Å². The zero-order valence-corrected chi connectivity index (χ0v) is 14.1. The number of nitrogens with zero attached hydrogens (tertiary/aromatic N) is 2. The predicted molar refractivity (Wildman–Crippen MR) is 82.6 cm³/mol. The number of rotatable bonds is 9. The molecule has 1 atom stereocenters. The van der Waals surface area contributed by atoms with Crippen LogP contribution in [0.2, 0.25) is 0 Å². The van der Waals surface area contributed by atoms with Gasteiger partial charge in [0.25, 0.3) is 0 Å². The Morgan fingerprint density at radius 1 is 1.42 bits per heavy atom. The molecule has 19 heavy (non-hydrogen) atoms. The number of likely N-dealkylation sites (N-methyl/N-ethyl adjacent to an activating group) is 1. The molecular weight excluding hydrogens is 306 g/mol. The first kappa shape index (κ1) is 16.7. The highest BCUT2D eigenvalue weighted by molar-refractivity contribution is 9.10. The van der Waals surface area contributed by atoms with Gasteiger partial charge in [-0.3, -0.25) is 4.68 Å². The van der Waals surface area contributed by atoms with E-state index in [9.17, 15) is 0 Å². The molecule has 0 amide bonds. The van der Waals surface area contributed by atoms with Crippen LogP contribution < -0.4 is 5.32 Å². The van der Waals surface area contributed by atoms with E-state index in [0.717, 1.165) is 44.5 Å². The molecule has 1 aromatic heterocycles. The quantitative estimate of drug-likeness (QED) is 0.707. The summed E-state index contributed by atoms with van der Waals surface area (Å²) >= 11 is 3.71. The summed E-state index contributed by atoms with van der Waals surface area (Å²) in [4.78, 5) is 0. The lowest BCUT2D eigenvalue weighted by Gasteiger charge is -2.17. The van der Waals surface area contributed by atoms with Crippen LogP contribution in [-0.2, 0) is 24.1 Å². The first-order valence-corrected chi connectivity index (χ1v) is 7.87. The molecule has 0 saturated carbocycles. The van der Waals surface area contributed by atoms with Crippen LogP contribution in [0.3, 0.4) is 0 Å². The summed E-state index contributed by atoms with van der Waals surface area (Å²) in [6.07, 6.45) is 4.17. The molecule has 0 aliphatic carbocycles. The van der Waals surface area contributed by atoms with Crippen molar-refractivity contribution >= 4 is 15.9 Å². The minimum absolute atomic E-state index is 0.471. The largest absolute Gasteiger partial charge is 0.385 e. The number of hydrogen-bond donors (Lipinski definition) is 1. The fourth-order valence-corrected chi connectivity index (χ4v) is 2.99. The van der Waals surface area contributed by atoms with Gasteiger partial charge in [-0.1, -0.05) is 6.92 Å². The zero-order valence-electron chi connectivity index (χ0n) is 12.5. The molecule has 0 spiro atoms. The molecule has 1 heterocycles. The SMILES string of the molecule is CCc1nn(CC)c(CC(CCCOC)NC)c1Br. The molecule has 0 bridgehead atoms. The highest BCUT2D eigenvalue weighted by atomic mass is 79.9. The summed E-state index contributed by atoms with van der Waals surface area (Å²) in [5.74, 6) is 0. The van der Waals surface area contributed by atoms with Crippen LogP contribution in [0.4, 0.5) is 0 Å². The van der Waals surface area contributed by atoms with Crippen molar-refractivity contribution in [3.8, 4) is 0 Å². The first-order chi connectivity index (χ1) is 9.17. The Bertz CT molecular complexity index is 379. The molecule has 4 nitrogen and oxygen atoms in total. The molecule has 1 rings (SSSR count). The lowest BCUT2D eigenvalue weighted by atomic mass is 10.1. The minimum Gasteiger partial charge on any atom is -0.385 e. The zero-order chi connectivity index (χ0) is 14.3. The summed E-state index contributed by atoms with van der Waals surface area (Å²) in [6.45, 7) is 6.03. The van der Waals surface area contributed by atoms with Crippen LogP contribution in [0.25, 0.3) is 0 Å². The maximum Gasteiger partial charge on any atom is 0.0766 e. The van der Waals surface area contributed by atoms with Crippen LogP contribution in [0.15, 0.2) is 4.47 Å². The standard InChI is InChI=1S/C14H26BrN3O/c1-5-12-14(15)13(18(6-2)17-12)10-11(16-3)8-7-9-19-4/h11,16H,5-10H2,1-4H3. The number of halogens is 1. The van der Waals surface area contributed by atoms with Crippen LogP contribution in [0.5, 0.6) is 0 Å². The Morgan fingerprint density at radius 3 is 2.68 bits per heavy atom. The van der Waals surface area contributed by atoms with Gasteiger partial charge in [-0.25, -0.2) is 0 Å². The lowest BCUT2D eigenvalue weighted by molar-refractivity contribution is 0.189. The molecule has 0 saturated heterocycles. The van der Waals surface area contributed by atoms with E-state index >= 15 is 0 Å². The van der Waals surface area contributed by atoms with E-state index in [1.54, 1.807) is 7.11 Å². The molecule has 0 aliphatic heterocycles. The number of methoxy groups -OCH3 is 1. The Labute approximate surface area is 125 Å². The van der Waals surface area contributed by atoms with E-state index in [0.29, 0.717) is 6.04 Å². The third-order valence-corrected chi connectivity index (χ3v) is 4.36. The normalized spacial score (nSPS) is 12.9. The third kappa shape index (κ3) is 4.58. The average molecular weight is 332 g/mol. The second-order valence-electron chi connectivity index (χ2n) is 4.70. The van der Waals surface area contributed by atoms with Gasteiger partial charge in [0, 0.05) is 32.7 Å². The van der Waals surface area contributed by atoms with Crippen molar-refractivity contribution in [2.75, 3.05) is 20.8 Å². The Kier molecular flexibility index (Phi) is 7.64. The lowest BCUT2D eigenvalue weighted by Crippen LogP contribution is -2.29. The Morgan fingerprint density at radius 2 is 2.16 bits per heavy atom. The van der Waals surface area contributed by atoms with Gasteiger partial charge in [0.15, 0.2) is 0 Å². The summed E-state index contributed by atoms with van der Waals surface area (Å²) in [5, 5.41) is 8.05. The van der Waals surface area contributed by atoms with Crippen molar-refractivity contribution in [1.82, 2.24) is 15.1 Å². The molecule has 0 radical (unpaired) electrons. The molecular formula is C14H26BrN3O. The molecule has 1 unspecified atom stereocenters. The molecule has 1 N–H and O–H groups in total. The average Bonchev–Trinajstić information content (AvgIpc) is 2.74. The van der Waals surface area contributed by atoms with Gasteiger partial charge in [0.05, 0.1) is 15.9 Å². The van der Waals surface area contributed by atoms with Gasteiger partial charge >= 0.3 is 0 Å². The van der Waals surface area contributed by atoms with Gasteiger partial charge in [-0.15, -0.1) is 0 Å². The smallest absolute Gasteiger partial charge is 0.0766 e. The number of nitrogens with one attached hydrogen (secondary N) is 1. The highest BCUT2D eigenvalue weighted by Gasteiger charge is 2.17. The van der Waals surface area contributed by atoms with Gasteiger partial charge < -0.3 is 10.1 Å². The van der Waals surface area contributed by atoms with E-state index in [1.807, 2.05) is 7.05 Å². The van der Waals surface area contributed by atoms with Crippen LogP contribution >= 0.6 is 15.9 Å². The second kappa shape index (κ2) is 8.72. The molecule has 1 aromatic rings. The topological polar surface area (TPSA) is 39.1 Å². The third-order valence-electron chi connectivity index (χ3n) is 3.44. The first-order valence-electron chi connectivity index (χ1n) is 7.08. The Hall–Kier alpha value is -0.390. The maximum absolute atomic E-state index is 5.12. The number of aryl methyl sites for hydroxylation is 2. The van der Waals surface area contributed by atoms with Crippen molar-refractivity contribution in [3.05, 3.63) is 15.9 Å². The molecule has 5 heteroatoms. The van der Waals surface area contributed by atoms with E-state index < -0.39 is 0 Å². The number of aromatic nitrogens is 2. The van der Waals surface area contributed by atoms with Crippen molar-refractivity contribution in [1.29, 1.82) is 0 Å². The minimum atomic E-state index is 0.471. The molecule has 0 aliphatic rings. The van der Waals surface area contributed by atoms with Gasteiger partial charge in [-0.05, 0) is 49.2 Å². The van der Waals surface area contributed by atoms with Crippen LogP contribution in [0, 0.1) is 0 Å². The summed E-state index contributed by atoms with van der Waals surface area (Å²) in [6, 6.07) is 0.471. The van der Waals surface area contributed by atoms with Crippen molar-refractivity contribution in [2.45, 2.75) is 52.1 Å². The fraction of sp³-hybridized carbons (Fsp3) is 0.786. The molecule has 110 valence electrons. The van der Waals surface area contributed by atoms with Gasteiger partial charge in [0.2, 0.25) is 0 Å². The summed E-state index contributed by atoms with van der Waals surface area (Å²) < 4.78 is 8.42. The number of hydrogen-bond acceptors (Lipinski definition) is 3. The number of ether oxygens (including phenoxy) is 1. The van der Waals surface area contributed by atoms with E-state index in [4.69, 9.17) is 4.74 Å². The molecule has 0 aromatic carbocycles. The predicted octanol–water partition coefficient (Wildman–Crippen LogP) is 2.79. The molecule has 0 fully saturated rings.